The first-order valence-electron chi connectivity index (χ1n) is 22.0. The molecule has 2 heteroatoms. The summed E-state index contributed by atoms with van der Waals surface area (Å²) in [5.74, 6) is 0. The molecule has 0 fully saturated rings. The Morgan fingerprint density at radius 3 is 1.53 bits per heavy atom. The van der Waals surface area contributed by atoms with Crippen molar-refractivity contribution in [2.24, 2.45) is 0 Å². The van der Waals surface area contributed by atoms with E-state index in [4.69, 9.17) is 0 Å². The SMILES string of the molecule is C(=Cc1ccc(-c2ccc3c4c2ccc2cccc(c24)n3-c2cc(-c3ccccc3)cc(-c3ccccc3)c2)c2ccccc12)c1ccc(N(c2ccccc2)c2ccccc2)cc1. The van der Waals surface area contributed by atoms with Gasteiger partial charge in [0.2, 0.25) is 0 Å². The molecule has 1 aromatic heterocycles. The molecule has 0 aliphatic rings. The lowest BCUT2D eigenvalue weighted by Crippen LogP contribution is -2.09. The van der Waals surface area contributed by atoms with Crippen molar-refractivity contribution in [2.45, 2.75) is 0 Å². The van der Waals surface area contributed by atoms with Crippen LogP contribution in [0.3, 0.4) is 0 Å². The average molecular weight is 815 g/mol. The normalized spacial score (nSPS) is 11.7. The fourth-order valence-corrected chi connectivity index (χ4v) is 9.76. The minimum Gasteiger partial charge on any atom is -0.311 e. The third kappa shape index (κ3) is 6.52. The van der Waals surface area contributed by atoms with E-state index in [1.54, 1.807) is 0 Å². The van der Waals surface area contributed by atoms with E-state index in [-0.39, 0.29) is 0 Å². The van der Waals surface area contributed by atoms with E-state index < -0.39 is 0 Å². The molecule has 11 aromatic carbocycles. The summed E-state index contributed by atoms with van der Waals surface area (Å²) in [6, 6.07) is 87.9. The molecule has 64 heavy (non-hydrogen) atoms. The third-order valence-corrected chi connectivity index (χ3v) is 12.7. The molecule has 0 bridgehead atoms. The van der Waals surface area contributed by atoms with Crippen molar-refractivity contribution < 1.29 is 0 Å². The summed E-state index contributed by atoms with van der Waals surface area (Å²) in [7, 11) is 0. The van der Waals surface area contributed by atoms with Gasteiger partial charge in [-0.3, -0.25) is 0 Å². The fourth-order valence-electron chi connectivity index (χ4n) is 9.76. The number of nitrogens with zero attached hydrogens (tertiary/aromatic N) is 2. The zero-order valence-corrected chi connectivity index (χ0v) is 35.1. The molecule has 0 aliphatic carbocycles. The Morgan fingerprint density at radius 2 is 0.875 bits per heavy atom. The van der Waals surface area contributed by atoms with E-state index in [0.29, 0.717) is 0 Å². The topological polar surface area (TPSA) is 8.17 Å². The number of aromatic nitrogens is 1. The number of para-hydroxylation sites is 2. The molecule has 300 valence electrons. The van der Waals surface area contributed by atoms with Crippen LogP contribution in [0.15, 0.2) is 243 Å². The highest BCUT2D eigenvalue weighted by Crippen LogP contribution is 2.45. The number of hydrogen-bond acceptors (Lipinski definition) is 1. The van der Waals surface area contributed by atoms with Gasteiger partial charge in [0, 0.05) is 33.5 Å². The summed E-state index contributed by atoms with van der Waals surface area (Å²) in [6.45, 7) is 0. The maximum absolute atomic E-state index is 2.48. The summed E-state index contributed by atoms with van der Waals surface area (Å²) in [5, 5.41) is 7.58. The zero-order chi connectivity index (χ0) is 42.4. The average Bonchev–Trinajstić information content (AvgIpc) is 3.72. The molecule has 0 aliphatic heterocycles. The van der Waals surface area contributed by atoms with Crippen molar-refractivity contribution in [3.05, 3.63) is 254 Å². The summed E-state index contributed by atoms with van der Waals surface area (Å²) >= 11 is 0. The molecular formula is C62H42N2. The molecule has 0 amide bonds. The van der Waals surface area contributed by atoms with Crippen LogP contribution < -0.4 is 4.90 Å². The molecule has 0 saturated carbocycles. The minimum atomic E-state index is 1.12. The standard InChI is InChI=1S/C62H42N2/c1-5-16-44(17-6-1)48-40-49(45-18-7-2-8-19-45)42-53(41-48)64-59-27-15-20-47-33-37-58-57(38-39-60(64)62(58)61(47)59)56-36-32-46(54-25-13-14-26-55(54)56)31-28-43-29-34-52(35-30-43)63(50-21-9-3-10-22-50)51-23-11-4-12-24-51/h1-42H. The second-order valence-corrected chi connectivity index (χ2v) is 16.5. The largest absolute Gasteiger partial charge is 0.311 e. The van der Waals surface area contributed by atoms with Crippen molar-refractivity contribution in [2.75, 3.05) is 4.90 Å². The Bertz CT molecular complexity index is 3530. The summed E-state index contributed by atoms with van der Waals surface area (Å²) < 4.78 is 2.48. The van der Waals surface area contributed by atoms with E-state index in [1.165, 1.54) is 82.3 Å². The molecular weight excluding hydrogens is 773 g/mol. The molecule has 0 radical (unpaired) electrons. The number of hydrogen-bond donors (Lipinski definition) is 0. The van der Waals surface area contributed by atoms with Crippen molar-refractivity contribution in [1.82, 2.24) is 4.57 Å². The van der Waals surface area contributed by atoms with Crippen LogP contribution in [0.25, 0.3) is 94.6 Å². The lowest BCUT2D eigenvalue weighted by atomic mass is 9.90. The molecule has 0 unspecified atom stereocenters. The quantitative estimate of drug-likeness (QED) is 0.104. The van der Waals surface area contributed by atoms with Gasteiger partial charge in [-0.1, -0.05) is 188 Å². The van der Waals surface area contributed by atoms with Crippen LogP contribution in [0.5, 0.6) is 0 Å². The van der Waals surface area contributed by atoms with Crippen LogP contribution in [0.1, 0.15) is 11.1 Å². The zero-order valence-electron chi connectivity index (χ0n) is 35.1. The van der Waals surface area contributed by atoms with Crippen molar-refractivity contribution >= 4 is 72.6 Å². The van der Waals surface area contributed by atoms with Gasteiger partial charge in [0.1, 0.15) is 0 Å². The van der Waals surface area contributed by atoms with E-state index in [2.05, 4.69) is 264 Å². The lowest BCUT2D eigenvalue weighted by molar-refractivity contribution is 1.18. The van der Waals surface area contributed by atoms with Gasteiger partial charge < -0.3 is 9.47 Å². The Labute approximate surface area is 373 Å². The minimum absolute atomic E-state index is 1.12. The van der Waals surface area contributed by atoms with Crippen molar-refractivity contribution in [3.63, 3.8) is 0 Å². The maximum atomic E-state index is 2.48. The molecule has 2 nitrogen and oxygen atoms in total. The van der Waals surface area contributed by atoms with Gasteiger partial charge in [0.05, 0.1) is 11.0 Å². The Kier molecular flexibility index (Phi) is 9.20. The summed E-state index contributed by atoms with van der Waals surface area (Å²) in [5.41, 5.74) is 16.6. The van der Waals surface area contributed by atoms with Crippen LogP contribution in [0, 0.1) is 0 Å². The second kappa shape index (κ2) is 15.8. The Hall–Kier alpha value is -8.46. The summed E-state index contributed by atoms with van der Waals surface area (Å²) in [6.07, 6.45) is 4.49. The third-order valence-electron chi connectivity index (χ3n) is 12.7. The molecule has 12 rings (SSSR count). The van der Waals surface area contributed by atoms with Gasteiger partial charge in [-0.05, 0) is 133 Å². The first-order valence-corrected chi connectivity index (χ1v) is 22.0. The van der Waals surface area contributed by atoms with Gasteiger partial charge in [-0.25, -0.2) is 0 Å². The van der Waals surface area contributed by atoms with E-state index in [0.717, 1.165) is 28.3 Å². The number of fused-ring (bicyclic) bond motifs is 1. The van der Waals surface area contributed by atoms with Crippen LogP contribution in [0.2, 0.25) is 0 Å². The van der Waals surface area contributed by atoms with Crippen LogP contribution in [-0.2, 0) is 0 Å². The first kappa shape index (κ1) is 37.3. The first-order chi connectivity index (χ1) is 31.7. The van der Waals surface area contributed by atoms with E-state index in [1.807, 2.05) is 0 Å². The van der Waals surface area contributed by atoms with Crippen LogP contribution in [-0.4, -0.2) is 4.57 Å². The predicted molar refractivity (Wildman–Crippen MR) is 273 cm³/mol. The van der Waals surface area contributed by atoms with Crippen LogP contribution >= 0.6 is 0 Å². The highest BCUT2D eigenvalue weighted by Gasteiger charge is 2.21. The van der Waals surface area contributed by atoms with Gasteiger partial charge >= 0.3 is 0 Å². The number of anilines is 3. The van der Waals surface area contributed by atoms with Gasteiger partial charge in [0.15, 0.2) is 0 Å². The van der Waals surface area contributed by atoms with Crippen LogP contribution in [0.4, 0.5) is 17.1 Å². The number of rotatable bonds is 9. The highest BCUT2D eigenvalue weighted by atomic mass is 15.1. The monoisotopic (exact) mass is 814 g/mol. The second-order valence-electron chi connectivity index (χ2n) is 16.5. The molecule has 0 spiro atoms. The van der Waals surface area contributed by atoms with Crippen molar-refractivity contribution in [3.8, 4) is 39.1 Å². The maximum Gasteiger partial charge on any atom is 0.0547 e. The van der Waals surface area contributed by atoms with Gasteiger partial charge in [-0.2, -0.15) is 0 Å². The predicted octanol–water partition coefficient (Wildman–Crippen LogP) is 17.2. The molecule has 1 heterocycles. The molecule has 0 saturated heterocycles. The van der Waals surface area contributed by atoms with Gasteiger partial charge in [-0.15, -0.1) is 0 Å². The van der Waals surface area contributed by atoms with Gasteiger partial charge in [0.25, 0.3) is 0 Å². The highest BCUT2D eigenvalue weighted by molar-refractivity contribution is 6.27. The molecule has 0 N–H and O–H groups in total. The van der Waals surface area contributed by atoms with E-state index in [9.17, 15) is 0 Å². The molecule has 12 aromatic rings. The van der Waals surface area contributed by atoms with E-state index >= 15 is 0 Å². The summed E-state index contributed by atoms with van der Waals surface area (Å²) in [4.78, 5) is 2.29. The fraction of sp³-hybridized carbons (Fsp3) is 0. The number of benzene rings is 11. The smallest absolute Gasteiger partial charge is 0.0547 e. The molecule has 0 atom stereocenters. The Balaban J connectivity index is 0.949. The lowest BCUT2D eigenvalue weighted by Gasteiger charge is -2.25. The Morgan fingerprint density at radius 1 is 0.328 bits per heavy atom. The van der Waals surface area contributed by atoms with Crippen molar-refractivity contribution in [1.29, 1.82) is 0 Å².